The summed E-state index contributed by atoms with van der Waals surface area (Å²) in [7, 11) is -17.2. The Balaban J connectivity index is 2.35. The molecule has 1 saturated heterocycles. The summed E-state index contributed by atoms with van der Waals surface area (Å²) in [6.45, 7) is -0.418. The van der Waals surface area contributed by atoms with Crippen LogP contribution in [0.25, 0.3) is 0 Å². The first kappa shape index (κ1) is 28.6. The van der Waals surface area contributed by atoms with Crippen molar-refractivity contribution in [1.82, 2.24) is 14.8 Å². The maximum Gasteiger partial charge on any atom is 0.490 e. The first-order valence-corrected chi connectivity index (χ1v) is 13.0. The molecule has 2 rings (SSSR count). The van der Waals surface area contributed by atoms with Crippen LogP contribution >= 0.6 is 23.5 Å². The Hall–Kier alpha value is -1.61. The summed E-state index contributed by atoms with van der Waals surface area (Å²) in [5, 5.41) is 24.8. The highest BCUT2D eigenvalue weighted by molar-refractivity contribution is 7.66. The van der Waals surface area contributed by atoms with Crippen LogP contribution < -0.4 is 11.2 Å². The van der Waals surface area contributed by atoms with E-state index in [1.807, 2.05) is 5.92 Å². The molecule has 22 heteroatoms. The number of hydrogen-bond acceptors (Lipinski definition) is 12. The second-order valence-corrected chi connectivity index (χ2v) is 10.8. The molecule has 0 radical (unpaired) electrons. The highest BCUT2D eigenvalue weighted by Gasteiger charge is 2.59. The lowest BCUT2D eigenvalue weighted by Crippen LogP contribution is -2.49. The largest absolute Gasteiger partial charge is 0.490 e. The van der Waals surface area contributed by atoms with Gasteiger partial charge in [0.2, 0.25) is 5.60 Å². The van der Waals surface area contributed by atoms with Crippen LogP contribution in [0.5, 0.6) is 0 Å². The molecule has 34 heavy (non-hydrogen) atoms. The quantitative estimate of drug-likeness (QED) is 0.130. The number of phosphoric ester groups is 1. The first-order chi connectivity index (χ1) is 15.4. The van der Waals surface area contributed by atoms with Crippen molar-refractivity contribution in [2.75, 3.05) is 6.67 Å². The second kappa shape index (κ2) is 10.2. The average molecular weight is 555 g/mol. The molecule has 2 heterocycles. The Morgan fingerprint density at radius 3 is 2.41 bits per heavy atom. The summed E-state index contributed by atoms with van der Waals surface area (Å²) < 4.78 is 63.9. The molecule has 1 fully saturated rings. The molecule has 3 unspecified atom stereocenters. The number of phosphoric acid groups is 3. The maximum absolute atomic E-state index is 12.6. The van der Waals surface area contributed by atoms with Crippen LogP contribution in [-0.4, -0.2) is 75.1 Å². The fourth-order valence-electron chi connectivity index (χ4n) is 2.74. The monoisotopic (exact) mass is 555 g/mol. The summed E-state index contributed by atoms with van der Waals surface area (Å²) >= 11 is 0. The van der Waals surface area contributed by atoms with Crippen LogP contribution in [0.1, 0.15) is 13.2 Å². The Labute approximate surface area is 187 Å². The lowest BCUT2D eigenvalue weighted by atomic mass is 9.93. The molecule has 0 amide bonds. The number of H-pyrrole nitrogens is 1. The van der Waals surface area contributed by atoms with Gasteiger partial charge in [0, 0.05) is 0 Å². The summed E-state index contributed by atoms with van der Waals surface area (Å²) in [5.41, 5.74) is -5.01. The minimum absolute atomic E-state index is 0.315. The van der Waals surface area contributed by atoms with Crippen LogP contribution in [0.3, 0.4) is 0 Å². The van der Waals surface area contributed by atoms with Crippen molar-refractivity contribution >= 4 is 23.5 Å². The molecule has 0 aromatic carbocycles. The zero-order valence-corrected chi connectivity index (χ0v) is 19.2. The van der Waals surface area contributed by atoms with E-state index in [9.17, 15) is 47.7 Å². The Kier molecular flexibility index (Phi) is 8.56. The van der Waals surface area contributed by atoms with Crippen LogP contribution in [0.15, 0.2) is 15.8 Å². The fourth-order valence-corrected chi connectivity index (χ4v) is 5.94. The van der Waals surface area contributed by atoms with Gasteiger partial charge in [0.15, 0.2) is 6.23 Å². The van der Waals surface area contributed by atoms with Gasteiger partial charge in [0.25, 0.3) is 5.56 Å². The summed E-state index contributed by atoms with van der Waals surface area (Å²) in [4.78, 5) is 61.0. The molecule has 18 nitrogen and oxygen atoms in total. The van der Waals surface area contributed by atoms with Gasteiger partial charge in [-0.1, -0.05) is 11.8 Å². The molecular weight excluding hydrogens is 538 g/mol. The third kappa shape index (κ3) is 6.97. The van der Waals surface area contributed by atoms with E-state index in [1.165, 1.54) is 0 Å². The normalized spacial score (nSPS) is 29.5. The van der Waals surface area contributed by atoms with Gasteiger partial charge in [-0.3, -0.25) is 14.3 Å². The van der Waals surface area contributed by atoms with E-state index in [1.54, 1.807) is 10.9 Å². The number of nitrogens with one attached hydrogen (secondary N) is 1. The molecule has 0 spiro atoms. The van der Waals surface area contributed by atoms with Crippen molar-refractivity contribution in [2.45, 2.75) is 37.1 Å². The van der Waals surface area contributed by atoms with E-state index < -0.39 is 71.5 Å². The number of aliphatic hydroxyl groups excluding tert-OH is 1. The van der Waals surface area contributed by atoms with Crippen LogP contribution in [0, 0.1) is 11.8 Å². The van der Waals surface area contributed by atoms with Crippen LogP contribution in [0.2, 0.25) is 0 Å². The minimum atomic E-state index is -5.86. The van der Waals surface area contributed by atoms with Gasteiger partial charge in [0.05, 0.1) is 6.10 Å². The molecular formula is C12H17FN3O15P3. The average Bonchev–Trinajstić information content (AvgIpc) is 2.88. The zero-order chi connectivity index (χ0) is 26.1. The number of ether oxygens (including phenoxy) is 1. The van der Waals surface area contributed by atoms with Crippen LogP contribution in [-0.2, 0) is 31.6 Å². The van der Waals surface area contributed by atoms with E-state index in [4.69, 9.17) is 14.5 Å². The molecule has 0 bridgehead atoms. The van der Waals surface area contributed by atoms with Gasteiger partial charge in [-0.2, -0.15) is 18.4 Å². The standard InChI is InChI=1S/C12H17FN3O15P3/c1-6(29-33(24,25)31-34(26,27)30-32(21,22)23)8-9(18)12(20,3-2-4-13)10(28-8)16-11(19)15-7(17)5-14-16/h5-6,8-10,18,20H,4H2,1H3,(H,24,25)(H,26,27)(H,15,17,19)(H2,21,22,23)/t6-,8+,9-,10+,12?/m0/s1. The van der Waals surface area contributed by atoms with E-state index >= 15 is 0 Å². The van der Waals surface area contributed by atoms with Gasteiger partial charge < -0.3 is 34.5 Å². The molecule has 192 valence electrons. The number of hydrogen-bond donors (Lipinski definition) is 7. The van der Waals surface area contributed by atoms with E-state index in [0.717, 1.165) is 6.92 Å². The molecule has 7 N–H and O–H groups in total. The van der Waals surface area contributed by atoms with E-state index in [2.05, 4.69) is 18.2 Å². The van der Waals surface area contributed by atoms with Crippen molar-refractivity contribution in [2.24, 2.45) is 0 Å². The molecule has 1 aliphatic rings. The highest BCUT2D eigenvalue weighted by atomic mass is 31.3. The van der Waals surface area contributed by atoms with Gasteiger partial charge in [-0.15, -0.1) is 0 Å². The second-order valence-electron chi connectivity index (χ2n) is 6.44. The topological polar surface area (TPSA) is 277 Å². The summed E-state index contributed by atoms with van der Waals surface area (Å²) in [6, 6.07) is 0. The smallest absolute Gasteiger partial charge is 0.386 e. The third-order valence-corrected chi connectivity index (χ3v) is 7.84. The van der Waals surface area contributed by atoms with E-state index in [-0.39, 0.29) is 0 Å². The molecule has 1 aromatic rings. The predicted molar refractivity (Wildman–Crippen MR) is 102 cm³/mol. The number of aromatic amines is 1. The number of alkyl halides is 1. The number of aromatic nitrogens is 3. The molecule has 7 atom stereocenters. The van der Waals surface area contributed by atoms with Crippen molar-refractivity contribution < 1.29 is 65.8 Å². The van der Waals surface area contributed by atoms with Gasteiger partial charge in [-0.25, -0.2) is 22.9 Å². The molecule has 0 saturated carbocycles. The minimum Gasteiger partial charge on any atom is -0.386 e. The first-order valence-electron chi connectivity index (χ1n) is 8.53. The summed E-state index contributed by atoms with van der Waals surface area (Å²) in [5.74, 6) is 3.71. The predicted octanol–water partition coefficient (Wildman–Crippen LogP) is -2.37. The SMILES string of the molecule is C[C@H](OP(=O)(O)OP(=O)(O)OP(=O)(O)O)[C@H]1O[C@@H](n2ncc(=O)[nH]c2=O)C(O)(C#CCF)[C@H]1O. The Morgan fingerprint density at radius 1 is 1.26 bits per heavy atom. The van der Waals surface area contributed by atoms with Crippen molar-refractivity contribution in [1.29, 1.82) is 0 Å². The van der Waals surface area contributed by atoms with Crippen molar-refractivity contribution in [3.63, 3.8) is 0 Å². The van der Waals surface area contributed by atoms with Crippen molar-refractivity contribution in [3.8, 4) is 11.8 Å². The maximum atomic E-state index is 12.6. The number of halogens is 1. The molecule has 0 aliphatic carbocycles. The lowest BCUT2D eigenvalue weighted by Gasteiger charge is -2.26. The van der Waals surface area contributed by atoms with Crippen LogP contribution in [0.4, 0.5) is 4.39 Å². The summed E-state index contributed by atoms with van der Waals surface area (Å²) in [6.07, 6.45) is -7.43. The van der Waals surface area contributed by atoms with Gasteiger partial charge >= 0.3 is 29.2 Å². The molecule has 1 aromatic heterocycles. The number of aliphatic hydroxyl groups is 2. The van der Waals surface area contributed by atoms with E-state index in [0.29, 0.717) is 10.9 Å². The molecule has 1 aliphatic heterocycles. The lowest BCUT2D eigenvalue weighted by molar-refractivity contribution is -0.0933. The van der Waals surface area contributed by atoms with Crippen molar-refractivity contribution in [3.05, 3.63) is 27.0 Å². The Morgan fingerprint density at radius 2 is 1.88 bits per heavy atom. The van der Waals surface area contributed by atoms with Gasteiger partial charge in [-0.05, 0) is 6.92 Å². The third-order valence-electron chi connectivity index (χ3n) is 3.92. The Bertz CT molecular complexity index is 1230. The van der Waals surface area contributed by atoms with Gasteiger partial charge in [0.1, 0.15) is 25.1 Å². The zero-order valence-electron chi connectivity index (χ0n) is 16.6. The highest BCUT2D eigenvalue weighted by Crippen LogP contribution is 2.66. The fraction of sp³-hybridized carbons (Fsp3) is 0.583. The number of rotatable bonds is 8. The number of nitrogens with zero attached hydrogens (tertiary/aromatic N) is 2.